The van der Waals surface area contributed by atoms with Crippen LogP contribution in [0.3, 0.4) is 0 Å². The number of amides is 1. The first kappa shape index (κ1) is 19.4. The Balaban J connectivity index is 1.82. The number of hydrogen-bond donors (Lipinski definition) is 0. The largest absolute Gasteiger partial charge is 0.308 e. The number of hydrogen-bond acceptors (Lipinski definition) is 6. The Labute approximate surface area is 171 Å². The van der Waals surface area contributed by atoms with Gasteiger partial charge in [-0.15, -0.1) is 0 Å². The van der Waals surface area contributed by atoms with Crippen molar-refractivity contribution in [2.24, 2.45) is 0 Å². The molecule has 29 heavy (non-hydrogen) atoms. The van der Waals surface area contributed by atoms with E-state index in [1.807, 2.05) is 24.3 Å². The first-order valence-corrected chi connectivity index (χ1v) is 10.7. The van der Waals surface area contributed by atoms with Crippen molar-refractivity contribution in [3.63, 3.8) is 0 Å². The summed E-state index contributed by atoms with van der Waals surface area (Å²) in [5, 5.41) is 4.05. The van der Waals surface area contributed by atoms with Gasteiger partial charge in [0.05, 0.1) is 11.3 Å². The standard InChI is InChI=1S/C21H22N4O3S/c1-3-4-5-6-9-12-24-15-11-8-7-10-14(15)16(19(24)27)17-20(28)25-21(29-17)22-18(26)13(2)23-25/h7-8,10-11H,3-6,9,12H2,1-2H3. The molecule has 1 aliphatic heterocycles. The highest BCUT2D eigenvalue weighted by molar-refractivity contribution is 7.15. The van der Waals surface area contributed by atoms with Gasteiger partial charge in [0.15, 0.2) is 0 Å². The topological polar surface area (TPSA) is 84.6 Å². The van der Waals surface area contributed by atoms with E-state index in [1.54, 1.807) is 4.90 Å². The van der Waals surface area contributed by atoms with Crippen molar-refractivity contribution in [3.05, 3.63) is 60.8 Å². The molecular formula is C21H22N4O3S. The minimum atomic E-state index is -0.463. The normalized spacial score (nSPS) is 15.4. The lowest BCUT2D eigenvalue weighted by Gasteiger charge is -2.16. The molecule has 3 aromatic rings. The fourth-order valence-corrected chi connectivity index (χ4v) is 4.63. The molecule has 0 radical (unpaired) electrons. The monoisotopic (exact) mass is 410 g/mol. The second kappa shape index (κ2) is 7.87. The van der Waals surface area contributed by atoms with Crippen molar-refractivity contribution in [1.82, 2.24) is 14.6 Å². The molecule has 0 unspecified atom stereocenters. The Morgan fingerprint density at radius 1 is 1.03 bits per heavy atom. The predicted molar refractivity (Wildman–Crippen MR) is 113 cm³/mol. The Kier molecular flexibility index (Phi) is 5.27. The zero-order valence-electron chi connectivity index (χ0n) is 16.5. The van der Waals surface area contributed by atoms with Crippen LogP contribution in [0.5, 0.6) is 0 Å². The maximum Gasteiger partial charge on any atom is 0.295 e. The molecule has 3 heterocycles. The molecule has 4 rings (SSSR count). The molecule has 7 nitrogen and oxygen atoms in total. The molecule has 0 aliphatic carbocycles. The molecule has 8 heteroatoms. The molecule has 1 aliphatic rings. The van der Waals surface area contributed by atoms with Crippen LogP contribution in [-0.4, -0.2) is 27.0 Å². The SMILES string of the molecule is CCCCCCCN1C(=O)C(=c2sc3nc(=O)c(C)nn3c2=O)c2ccccc21. The first-order chi connectivity index (χ1) is 14.0. The fraction of sp³-hybridized carbons (Fsp3) is 0.381. The predicted octanol–water partition coefficient (Wildman–Crippen LogP) is 2.05. The van der Waals surface area contributed by atoms with Crippen LogP contribution < -0.4 is 20.6 Å². The van der Waals surface area contributed by atoms with Gasteiger partial charge in [0.25, 0.3) is 17.0 Å². The third-order valence-electron chi connectivity index (χ3n) is 5.15. The van der Waals surface area contributed by atoms with Gasteiger partial charge in [-0.1, -0.05) is 62.1 Å². The zero-order valence-corrected chi connectivity index (χ0v) is 17.3. The van der Waals surface area contributed by atoms with Crippen molar-refractivity contribution in [3.8, 4) is 0 Å². The van der Waals surface area contributed by atoms with Gasteiger partial charge < -0.3 is 4.90 Å². The van der Waals surface area contributed by atoms with Crippen LogP contribution >= 0.6 is 11.3 Å². The quantitative estimate of drug-likeness (QED) is 0.581. The second-order valence-corrected chi connectivity index (χ2v) is 8.17. The molecule has 1 aromatic carbocycles. The second-order valence-electron chi connectivity index (χ2n) is 7.20. The van der Waals surface area contributed by atoms with Crippen LogP contribution in [0.4, 0.5) is 5.69 Å². The van der Waals surface area contributed by atoms with Crippen LogP contribution in [-0.2, 0) is 4.79 Å². The van der Waals surface area contributed by atoms with Crippen molar-refractivity contribution in [2.45, 2.75) is 46.0 Å². The van der Waals surface area contributed by atoms with E-state index in [0.717, 1.165) is 46.4 Å². The summed E-state index contributed by atoms with van der Waals surface area (Å²) in [5.74, 6) is -0.176. The summed E-state index contributed by atoms with van der Waals surface area (Å²) in [6.45, 7) is 4.31. The number of carbonyl (C=O) groups is 1. The van der Waals surface area contributed by atoms with E-state index in [9.17, 15) is 14.4 Å². The van der Waals surface area contributed by atoms with Crippen LogP contribution in [0.15, 0.2) is 33.9 Å². The van der Waals surface area contributed by atoms with Gasteiger partial charge in [0.1, 0.15) is 10.2 Å². The van der Waals surface area contributed by atoms with Gasteiger partial charge in [0.2, 0.25) is 4.96 Å². The number of aromatic nitrogens is 3. The maximum atomic E-state index is 13.3. The molecular weight excluding hydrogens is 388 g/mol. The maximum absolute atomic E-state index is 13.3. The van der Waals surface area contributed by atoms with E-state index < -0.39 is 11.1 Å². The average Bonchev–Trinajstić information content (AvgIpc) is 3.16. The van der Waals surface area contributed by atoms with Crippen molar-refractivity contribution in [1.29, 1.82) is 0 Å². The Hall–Kier alpha value is -2.87. The van der Waals surface area contributed by atoms with Crippen molar-refractivity contribution in [2.75, 3.05) is 11.4 Å². The summed E-state index contributed by atoms with van der Waals surface area (Å²) in [5.41, 5.74) is 1.22. The third kappa shape index (κ3) is 3.37. The number of unbranched alkanes of at least 4 members (excludes halogenated alkanes) is 4. The molecule has 0 spiro atoms. The molecule has 2 aromatic heterocycles. The number of nitrogens with zero attached hydrogens (tertiary/aromatic N) is 4. The van der Waals surface area contributed by atoms with Crippen LogP contribution in [0.1, 0.15) is 50.3 Å². The number of carbonyl (C=O) groups excluding carboxylic acids is 1. The lowest BCUT2D eigenvalue weighted by molar-refractivity contribution is -0.113. The van der Waals surface area contributed by atoms with Crippen LogP contribution in [0.2, 0.25) is 0 Å². The zero-order chi connectivity index (χ0) is 20.5. The molecule has 0 saturated heterocycles. The van der Waals surface area contributed by atoms with E-state index >= 15 is 0 Å². The van der Waals surface area contributed by atoms with Gasteiger partial charge in [-0.05, 0) is 19.4 Å². The lowest BCUT2D eigenvalue weighted by atomic mass is 10.1. The van der Waals surface area contributed by atoms with E-state index in [0.29, 0.717) is 12.1 Å². The molecule has 0 saturated carbocycles. The van der Waals surface area contributed by atoms with Gasteiger partial charge in [0, 0.05) is 12.1 Å². The summed E-state index contributed by atoms with van der Waals surface area (Å²) in [7, 11) is 0. The Morgan fingerprint density at radius 2 is 1.79 bits per heavy atom. The van der Waals surface area contributed by atoms with E-state index in [1.165, 1.54) is 19.8 Å². The smallest absolute Gasteiger partial charge is 0.295 e. The highest BCUT2D eigenvalue weighted by Gasteiger charge is 2.33. The number of fused-ring (bicyclic) bond motifs is 2. The summed E-state index contributed by atoms with van der Waals surface area (Å²) >= 11 is 1.04. The molecule has 0 atom stereocenters. The van der Waals surface area contributed by atoms with Crippen molar-refractivity contribution >= 4 is 33.5 Å². The lowest BCUT2D eigenvalue weighted by Crippen LogP contribution is -2.33. The summed E-state index contributed by atoms with van der Waals surface area (Å²) in [6.07, 6.45) is 5.51. The van der Waals surface area contributed by atoms with Gasteiger partial charge in [-0.2, -0.15) is 14.6 Å². The highest BCUT2D eigenvalue weighted by atomic mass is 32.1. The molecule has 0 fully saturated rings. The number of thiazole rings is 1. The minimum Gasteiger partial charge on any atom is -0.308 e. The number of aryl methyl sites for hydroxylation is 1. The van der Waals surface area contributed by atoms with E-state index in [2.05, 4.69) is 17.0 Å². The number of anilines is 1. The molecule has 150 valence electrons. The van der Waals surface area contributed by atoms with Crippen LogP contribution in [0, 0.1) is 6.92 Å². The minimum absolute atomic E-state index is 0.154. The summed E-state index contributed by atoms with van der Waals surface area (Å²) in [6, 6.07) is 7.53. The number of rotatable bonds is 6. The fourth-order valence-electron chi connectivity index (χ4n) is 3.63. The number of benzene rings is 1. The van der Waals surface area contributed by atoms with E-state index in [4.69, 9.17) is 0 Å². The van der Waals surface area contributed by atoms with E-state index in [-0.39, 0.29) is 21.1 Å². The van der Waals surface area contributed by atoms with Gasteiger partial charge in [-0.3, -0.25) is 14.4 Å². The van der Waals surface area contributed by atoms with Crippen LogP contribution in [0.25, 0.3) is 10.5 Å². The van der Waals surface area contributed by atoms with Crippen molar-refractivity contribution < 1.29 is 4.79 Å². The Bertz CT molecular complexity index is 1260. The Morgan fingerprint density at radius 3 is 2.59 bits per heavy atom. The third-order valence-corrected chi connectivity index (χ3v) is 6.18. The average molecular weight is 410 g/mol. The molecule has 0 bridgehead atoms. The number of para-hydroxylation sites is 1. The highest BCUT2D eigenvalue weighted by Crippen LogP contribution is 2.35. The summed E-state index contributed by atoms with van der Waals surface area (Å²) in [4.78, 5) is 44.0. The van der Waals surface area contributed by atoms with Gasteiger partial charge in [-0.25, -0.2) is 0 Å². The molecule has 0 N–H and O–H groups in total. The first-order valence-electron chi connectivity index (χ1n) is 9.89. The summed E-state index contributed by atoms with van der Waals surface area (Å²) < 4.78 is 1.40. The molecule has 1 amide bonds. The van der Waals surface area contributed by atoms with Gasteiger partial charge >= 0.3 is 0 Å².